The zero-order valence-corrected chi connectivity index (χ0v) is 13.2. The lowest BCUT2D eigenvalue weighted by atomic mass is 9.57. The van der Waals surface area contributed by atoms with Crippen molar-refractivity contribution in [2.45, 2.75) is 52.6 Å². The monoisotopic (exact) mass is 294 g/mol. The zero-order valence-electron chi connectivity index (χ0n) is 13.2. The molecule has 0 spiro atoms. The number of methoxy groups -OCH3 is 1. The van der Waals surface area contributed by atoms with Gasteiger partial charge < -0.3 is 9.47 Å². The van der Waals surface area contributed by atoms with Gasteiger partial charge in [0.1, 0.15) is 0 Å². The van der Waals surface area contributed by atoms with Crippen molar-refractivity contribution in [3.63, 3.8) is 0 Å². The lowest BCUT2D eigenvalue weighted by Crippen LogP contribution is -2.60. The topological polar surface area (TPSA) is 69.7 Å². The third-order valence-electron chi connectivity index (χ3n) is 4.97. The van der Waals surface area contributed by atoms with Crippen molar-refractivity contribution < 1.29 is 23.9 Å². The van der Waals surface area contributed by atoms with E-state index in [0.29, 0.717) is 6.42 Å². The highest BCUT2D eigenvalue weighted by molar-refractivity contribution is 6.17. The lowest BCUT2D eigenvalue weighted by molar-refractivity contribution is -0.194. The molecular formula is C16H22O5. The van der Waals surface area contributed by atoms with Crippen molar-refractivity contribution in [2.24, 2.45) is 10.8 Å². The molecule has 5 nitrogen and oxygen atoms in total. The summed E-state index contributed by atoms with van der Waals surface area (Å²) in [6.45, 7) is 7.12. The van der Waals surface area contributed by atoms with Crippen LogP contribution in [0.1, 0.15) is 47.0 Å². The van der Waals surface area contributed by atoms with Crippen molar-refractivity contribution >= 4 is 17.7 Å². The minimum atomic E-state index is -1.87. The smallest absolute Gasteiger partial charge is 0.359 e. The second-order valence-electron chi connectivity index (χ2n) is 6.76. The number of fused-ring (bicyclic) bond motifs is 1. The third kappa shape index (κ3) is 1.93. The second kappa shape index (κ2) is 4.68. The van der Waals surface area contributed by atoms with Gasteiger partial charge in [-0.25, -0.2) is 4.79 Å². The number of rotatable bonds is 2. The minimum Gasteiger partial charge on any atom is -0.466 e. The van der Waals surface area contributed by atoms with Gasteiger partial charge >= 0.3 is 11.9 Å². The Bertz CT molecular complexity index is 545. The summed E-state index contributed by atoms with van der Waals surface area (Å²) < 4.78 is 10.1. The molecule has 2 rings (SSSR count). The van der Waals surface area contributed by atoms with Crippen LogP contribution in [0.25, 0.3) is 0 Å². The Morgan fingerprint density at radius 3 is 2.33 bits per heavy atom. The Hall–Kier alpha value is -1.65. The molecule has 1 saturated carbocycles. The van der Waals surface area contributed by atoms with Crippen LogP contribution in [0.15, 0.2) is 11.6 Å². The molecule has 0 bridgehead atoms. The number of esters is 2. The van der Waals surface area contributed by atoms with Gasteiger partial charge in [0.05, 0.1) is 7.11 Å². The Labute approximate surface area is 124 Å². The maximum atomic E-state index is 12.6. The highest BCUT2D eigenvalue weighted by atomic mass is 16.6. The van der Waals surface area contributed by atoms with Gasteiger partial charge in [0.15, 0.2) is 0 Å². The molecule has 2 atom stereocenters. The van der Waals surface area contributed by atoms with Gasteiger partial charge in [-0.1, -0.05) is 27.2 Å². The molecule has 5 heteroatoms. The van der Waals surface area contributed by atoms with E-state index in [9.17, 15) is 14.4 Å². The van der Waals surface area contributed by atoms with E-state index >= 15 is 0 Å². The van der Waals surface area contributed by atoms with Gasteiger partial charge in [-0.2, -0.15) is 0 Å². The summed E-state index contributed by atoms with van der Waals surface area (Å²) in [4.78, 5) is 36.6. The summed E-state index contributed by atoms with van der Waals surface area (Å²) in [5.41, 5.74) is -2.05. The van der Waals surface area contributed by atoms with Crippen LogP contribution in [0, 0.1) is 10.8 Å². The first kappa shape index (κ1) is 15.7. The van der Waals surface area contributed by atoms with E-state index < -0.39 is 28.7 Å². The van der Waals surface area contributed by atoms with Gasteiger partial charge in [0, 0.05) is 12.3 Å². The number of ether oxygens (including phenoxy) is 2. The highest BCUT2D eigenvalue weighted by Gasteiger charge is 2.69. The quantitative estimate of drug-likeness (QED) is 0.577. The Kier molecular flexibility index (Phi) is 3.51. The maximum Gasteiger partial charge on any atom is 0.359 e. The van der Waals surface area contributed by atoms with Gasteiger partial charge in [-0.3, -0.25) is 9.59 Å². The van der Waals surface area contributed by atoms with Crippen molar-refractivity contribution in [1.82, 2.24) is 0 Å². The van der Waals surface area contributed by atoms with Crippen LogP contribution in [0.2, 0.25) is 0 Å². The number of carbonyl (C=O) groups excluding carboxylic acids is 3. The SMILES string of the molecule is COC(=O)[C@]1(OC(C)=O)C(=O)C=C2C(C)(C)CCC[C@@]21C. The predicted molar refractivity (Wildman–Crippen MR) is 75.3 cm³/mol. The number of hydrogen-bond acceptors (Lipinski definition) is 5. The van der Waals surface area contributed by atoms with Crippen LogP contribution in [0.4, 0.5) is 0 Å². The first-order valence-corrected chi connectivity index (χ1v) is 7.17. The van der Waals surface area contributed by atoms with Gasteiger partial charge in [0.2, 0.25) is 5.78 Å². The minimum absolute atomic E-state index is 0.210. The Balaban J connectivity index is 2.65. The lowest BCUT2D eigenvalue weighted by Gasteiger charge is -2.48. The number of hydrogen-bond donors (Lipinski definition) is 0. The van der Waals surface area contributed by atoms with E-state index in [1.54, 1.807) is 0 Å². The molecule has 1 fully saturated rings. The van der Waals surface area contributed by atoms with E-state index in [1.807, 2.05) is 20.8 Å². The number of ketones is 1. The van der Waals surface area contributed by atoms with Crippen molar-refractivity contribution in [3.8, 4) is 0 Å². The first-order valence-electron chi connectivity index (χ1n) is 7.17. The molecule has 0 N–H and O–H groups in total. The fourth-order valence-corrected chi connectivity index (χ4v) is 4.01. The average Bonchev–Trinajstić information content (AvgIpc) is 2.60. The van der Waals surface area contributed by atoms with E-state index in [-0.39, 0.29) is 5.41 Å². The van der Waals surface area contributed by atoms with E-state index in [4.69, 9.17) is 9.47 Å². The summed E-state index contributed by atoms with van der Waals surface area (Å²) in [5.74, 6) is -1.95. The van der Waals surface area contributed by atoms with Crippen LogP contribution in [0.3, 0.4) is 0 Å². The second-order valence-corrected chi connectivity index (χ2v) is 6.76. The zero-order chi connectivity index (χ0) is 16.1. The van der Waals surface area contributed by atoms with Gasteiger partial charge in [-0.05, 0) is 29.9 Å². The Morgan fingerprint density at radius 2 is 1.81 bits per heavy atom. The summed E-state index contributed by atoms with van der Waals surface area (Å²) >= 11 is 0. The normalized spacial score (nSPS) is 34.0. The van der Waals surface area contributed by atoms with Crippen molar-refractivity contribution in [3.05, 3.63) is 11.6 Å². The molecule has 0 aromatic rings. The number of carbonyl (C=O) groups is 3. The van der Waals surface area contributed by atoms with Crippen molar-refractivity contribution in [2.75, 3.05) is 7.11 Å². The molecule has 2 aliphatic carbocycles. The molecule has 21 heavy (non-hydrogen) atoms. The van der Waals surface area contributed by atoms with Gasteiger partial charge in [0.25, 0.3) is 5.60 Å². The molecule has 0 saturated heterocycles. The fraction of sp³-hybridized carbons (Fsp3) is 0.688. The highest BCUT2D eigenvalue weighted by Crippen LogP contribution is 2.60. The van der Waals surface area contributed by atoms with Crippen LogP contribution in [-0.2, 0) is 23.9 Å². The summed E-state index contributed by atoms with van der Waals surface area (Å²) in [6, 6.07) is 0. The molecule has 0 radical (unpaired) electrons. The first-order chi connectivity index (χ1) is 9.61. The molecule has 0 aliphatic heterocycles. The molecule has 2 aliphatic rings. The van der Waals surface area contributed by atoms with Crippen molar-refractivity contribution in [1.29, 1.82) is 0 Å². The molecular weight excluding hydrogens is 272 g/mol. The molecule has 0 heterocycles. The molecule has 116 valence electrons. The van der Waals surface area contributed by atoms with E-state index in [0.717, 1.165) is 18.4 Å². The summed E-state index contributed by atoms with van der Waals surface area (Å²) in [6.07, 6.45) is 3.88. The van der Waals surface area contributed by atoms with E-state index in [2.05, 4.69) is 0 Å². The summed E-state index contributed by atoms with van der Waals surface area (Å²) in [7, 11) is 1.20. The molecule has 0 aromatic heterocycles. The third-order valence-corrected chi connectivity index (χ3v) is 4.97. The van der Waals surface area contributed by atoms with E-state index in [1.165, 1.54) is 20.1 Å². The average molecular weight is 294 g/mol. The van der Waals surface area contributed by atoms with Crippen LogP contribution in [0.5, 0.6) is 0 Å². The molecule has 0 aromatic carbocycles. The summed E-state index contributed by atoms with van der Waals surface area (Å²) in [5, 5.41) is 0. The van der Waals surface area contributed by atoms with Crippen LogP contribution >= 0.6 is 0 Å². The van der Waals surface area contributed by atoms with Crippen LogP contribution < -0.4 is 0 Å². The maximum absolute atomic E-state index is 12.6. The fourth-order valence-electron chi connectivity index (χ4n) is 4.01. The molecule has 0 amide bonds. The van der Waals surface area contributed by atoms with Crippen LogP contribution in [-0.4, -0.2) is 30.4 Å². The molecule has 0 unspecified atom stereocenters. The Morgan fingerprint density at radius 1 is 1.19 bits per heavy atom. The van der Waals surface area contributed by atoms with Gasteiger partial charge in [-0.15, -0.1) is 0 Å². The largest absolute Gasteiger partial charge is 0.466 e. The standard InChI is InChI=1S/C16H22O5/c1-10(17)21-16(13(19)20-5)12(18)9-11-14(2,3)7-6-8-15(11,16)4/h9H,6-8H2,1-5H3/t15-,16+/m0/s1. The predicted octanol–water partition coefficient (Wildman–Crippen LogP) is 2.19.